The second kappa shape index (κ2) is 4.79. The van der Waals surface area contributed by atoms with E-state index in [0.29, 0.717) is 10.6 Å². The molecule has 2 nitrogen and oxygen atoms in total. The van der Waals surface area contributed by atoms with Crippen LogP contribution >= 0.6 is 56.8 Å². The Morgan fingerprint density at radius 1 is 1.38 bits per heavy atom. The number of benzene rings is 1. The molecule has 0 saturated carbocycles. The number of rotatable bonds is 1. The number of hydrogen-bond donors (Lipinski definition) is 0. The normalized spacial score (nSPS) is 9.85. The molecule has 0 amide bonds. The van der Waals surface area contributed by atoms with Crippen molar-refractivity contribution < 1.29 is 9.53 Å². The number of esters is 1. The lowest BCUT2D eigenvalue weighted by molar-refractivity contribution is 0.0601. The minimum atomic E-state index is -0.403. The van der Waals surface area contributed by atoms with Gasteiger partial charge in [-0.15, -0.1) is 0 Å². The summed E-state index contributed by atoms with van der Waals surface area (Å²) >= 11 is 10.2. The van der Waals surface area contributed by atoms with Gasteiger partial charge < -0.3 is 4.74 Å². The van der Waals surface area contributed by atoms with E-state index in [0.717, 1.165) is 7.14 Å². The maximum atomic E-state index is 11.2. The number of hydrogen-bond acceptors (Lipinski definition) is 2. The third kappa shape index (κ3) is 2.69. The molecular formula is C8H5ClI2O2. The Bertz CT molecular complexity index is 352. The summed E-state index contributed by atoms with van der Waals surface area (Å²) in [6, 6.07) is 3.46. The molecule has 1 rings (SSSR count). The van der Waals surface area contributed by atoms with Crippen molar-refractivity contribution in [2.24, 2.45) is 0 Å². The van der Waals surface area contributed by atoms with E-state index in [-0.39, 0.29) is 0 Å². The average Bonchev–Trinajstić information content (AvgIpc) is 2.10. The fraction of sp³-hybridized carbons (Fsp3) is 0.125. The van der Waals surface area contributed by atoms with Crippen LogP contribution in [0.1, 0.15) is 10.4 Å². The molecule has 0 aliphatic carbocycles. The lowest BCUT2D eigenvalue weighted by atomic mass is 10.2. The highest BCUT2D eigenvalue weighted by Gasteiger charge is 2.12. The second-order valence-corrected chi connectivity index (χ2v) is 4.97. The molecule has 70 valence electrons. The largest absolute Gasteiger partial charge is 0.465 e. The first-order chi connectivity index (χ1) is 6.06. The van der Waals surface area contributed by atoms with Crippen LogP contribution < -0.4 is 0 Å². The standard InChI is InChI=1S/C8H5ClI2O2/c1-13-8(12)4-2-6(10)7(11)3-5(4)9/h2-3H,1H3. The van der Waals surface area contributed by atoms with Gasteiger partial charge in [0.2, 0.25) is 0 Å². The van der Waals surface area contributed by atoms with Crippen LogP contribution in [0.5, 0.6) is 0 Å². The van der Waals surface area contributed by atoms with E-state index in [1.54, 1.807) is 12.1 Å². The maximum absolute atomic E-state index is 11.2. The SMILES string of the molecule is COC(=O)c1cc(I)c(I)cc1Cl. The Labute approximate surface area is 108 Å². The number of halogens is 3. The van der Waals surface area contributed by atoms with E-state index in [9.17, 15) is 4.79 Å². The summed E-state index contributed by atoms with van der Waals surface area (Å²) in [6.45, 7) is 0. The van der Waals surface area contributed by atoms with Crippen LogP contribution in [-0.2, 0) is 4.74 Å². The minimum Gasteiger partial charge on any atom is -0.465 e. The van der Waals surface area contributed by atoms with E-state index in [1.807, 2.05) is 0 Å². The summed E-state index contributed by atoms with van der Waals surface area (Å²) in [4.78, 5) is 11.2. The first kappa shape index (κ1) is 11.5. The molecule has 0 aromatic heterocycles. The number of carbonyl (C=O) groups is 1. The summed E-state index contributed by atoms with van der Waals surface area (Å²) in [5, 5.41) is 0.427. The zero-order valence-corrected chi connectivity index (χ0v) is 11.7. The van der Waals surface area contributed by atoms with E-state index < -0.39 is 5.97 Å². The van der Waals surface area contributed by atoms with Gasteiger partial charge in [0, 0.05) is 7.14 Å². The van der Waals surface area contributed by atoms with Crippen molar-refractivity contribution in [3.05, 3.63) is 29.9 Å². The third-order valence-corrected chi connectivity index (χ3v) is 4.55. The summed E-state index contributed by atoms with van der Waals surface area (Å²) in [6.07, 6.45) is 0. The molecule has 0 heterocycles. The van der Waals surface area contributed by atoms with Crippen LogP contribution in [0.3, 0.4) is 0 Å². The van der Waals surface area contributed by atoms with Gasteiger partial charge in [0.05, 0.1) is 17.7 Å². The fourth-order valence-corrected chi connectivity index (χ4v) is 2.15. The lowest BCUT2D eigenvalue weighted by Gasteiger charge is -2.04. The first-order valence-electron chi connectivity index (χ1n) is 3.29. The third-order valence-electron chi connectivity index (χ3n) is 1.42. The zero-order valence-electron chi connectivity index (χ0n) is 6.61. The van der Waals surface area contributed by atoms with Crippen molar-refractivity contribution in [1.82, 2.24) is 0 Å². The van der Waals surface area contributed by atoms with Crippen LogP contribution in [-0.4, -0.2) is 13.1 Å². The predicted octanol–water partition coefficient (Wildman–Crippen LogP) is 3.34. The maximum Gasteiger partial charge on any atom is 0.339 e. The highest BCUT2D eigenvalue weighted by molar-refractivity contribution is 14.1. The minimum absolute atomic E-state index is 0.403. The Morgan fingerprint density at radius 3 is 2.46 bits per heavy atom. The van der Waals surface area contributed by atoms with Crippen molar-refractivity contribution in [2.45, 2.75) is 0 Å². The zero-order chi connectivity index (χ0) is 10.0. The average molecular weight is 422 g/mol. The molecule has 0 aliphatic heterocycles. The molecule has 0 N–H and O–H groups in total. The monoisotopic (exact) mass is 422 g/mol. The van der Waals surface area contributed by atoms with Crippen molar-refractivity contribution in [3.63, 3.8) is 0 Å². The van der Waals surface area contributed by atoms with Crippen molar-refractivity contribution in [3.8, 4) is 0 Å². The summed E-state index contributed by atoms with van der Waals surface area (Å²) in [5.74, 6) is -0.403. The molecule has 0 unspecified atom stereocenters. The van der Waals surface area contributed by atoms with E-state index in [2.05, 4.69) is 49.9 Å². The Morgan fingerprint density at radius 2 is 1.92 bits per heavy atom. The van der Waals surface area contributed by atoms with Crippen molar-refractivity contribution in [2.75, 3.05) is 7.11 Å². The van der Waals surface area contributed by atoms with E-state index in [1.165, 1.54) is 7.11 Å². The predicted molar refractivity (Wildman–Crippen MR) is 68.2 cm³/mol. The van der Waals surface area contributed by atoms with Gasteiger partial charge >= 0.3 is 5.97 Å². The second-order valence-electron chi connectivity index (χ2n) is 2.24. The molecule has 0 atom stereocenters. The van der Waals surface area contributed by atoms with Gasteiger partial charge in [-0.05, 0) is 57.3 Å². The summed E-state index contributed by atoms with van der Waals surface area (Å²) in [5.41, 5.74) is 0.411. The number of carbonyl (C=O) groups excluding carboxylic acids is 1. The lowest BCUT2D eigenvalue weighted by Crippen LogP contribution is -2.03. The fourth-order valence-electron chi connectivity index (χ4n) is 0.789. The molecule has 0 bridgehead atoms. The number of ether oxygens (including phenoxy) is 1. The highest BCUT2D eigenvalue weighted by Crippen LogP contribution is 2.24. The van der Waals surface area contributed by atoms with Gasteiger partial charge in [-0.3, -0.25) is 0 Å². The Hall–Kier alpha value is 0.440. The molecule has 0 radical (unpaired) electrons. The van der Waals surface area contributed by atoms with Crippen LogP contribution in [0.2, 0.25) is 5.02 Å². The van der Waals surface area contributed by atoms with Gasteiger partial charge in [0.25, 0.3) is 0 Å². The Balaban J connectivity index is 3.23. The molecule has 13 heavy (non-hydrogen) atoms. The molecular weight excluding hydrogens is 417 g/mol. The van der Waals surface area contributed by atoms with E-state index in [4.69, 9.17) is 11.6 Å². The molecule has 1 aromatic rings. The van der Waals surface area contributed by atoms with Gasteiger partial charge in [0.15, 0.2) is 0 Å². The van der Waals surface area contributed by atoms with E-state index >= 15 is 0 Å². The quantitative estimate of drug-likeness (QED) is 0.394. The van der Waals surface area contributed by atoms with Crippen LogP contribution in [0, 0.1) is 7.14 Å². The van der Waals surface area contributed by atoms with Gasteiger partial charge in [-0.25, -0.2) is 4.79 Å². The topological polar surface area (TPSA) is 26.3 Å². The van der Waals surface area contributed by atoms with Crippen LogP contribution in [0.25, 0.3) is 0 Å². The highest BCUT2D eigenvalue weighted by atomic mass is 127. The van der Waals surface area contributed by atoms with Crippen LogP contribution in [0.15, 0.2) is 12.1 Å². The van der Waals surface area contributed by atoms with Crippen molar-refractivity contribution >= 4 is 62.8 Å². The molecule has 1 aromatic carbocycles. The molecule has 0 saturated heterocycles. The smallest absolute Gasteiger partial charge is 0.339 e. The van der Waals surface area contributed by atoms with Gasteiger partial charge in [-0.1, -0.05) is 11.6 Å². The molecule has 0 aliphatic rings. The first-order valence-corrected chi connectivity index (χ1v) is 5.82. The van der Waals surface area contributed by atoms with Gasteiger partial charge in [0.1, 0.15) is 0 Å². The molecule has 5 heteroatoms. The van der Waals surface area contributed by atoms with Gasteiger partial charge in [-0.2, -0.15) is 0 Å². The van der Waals surface area contributed by atoms with Crippen molar-refractivity contribution in [1.29, 1.82) is 0 Å². The summed E-state index contributed by atoms with van der Waals surface area (Å²) in [7, 11) is 1.34. The summed E-state index contributed by atoms with van der Waals surface area (Å²) < 4.78 is 6.60. The number of methoxy groups -OCH3 is 1. The van der Waals surface area contributed by atoms with Crippen LogP contribution in [0.4, 0.5) is 0 Å². The Kier molecular flexibility index (Phi) is 4.24. The molecule has 0 spiro atoms. The molecule has 0 fully saturated rings.